The van der Waals surface area contributed by atoms with Crippen molar-refractivity contribution in [3.8, 4) is 22.8 Å². The van der Waals surface area contributed by atoms with E-state index in [0.29, 0.717) is 49.1 Å². The van der Waals surface area contributed by atoms with E-state index < -0.39 is 0 Å². The number of amides is 2. The Morgan fingerprint density at radius 2 is 1.89 bits per heavy atom. The number of ether oxygens (including phenoxy) is 2. The van der Waals surface area contributed by atoms with Crippen molar-refractivity contribution in [1.29, 1.82) is 0 Å². The first-order chi connectivity index (χ1) is 18.6. The van der Waals surface area contributed by atoms with E-state index in [1.165, 1.54) is 0 Å². The van der Waals surface area contributed by atoms with Crippen LogP contribution in [-0.4, -0.2) is 78.8 Å². The Labute approximate surface area is 222 Å². The Morgan fingerprint density at radius 1 is 1.03 bits per heavy atom. The summed E-state index contributed by atoms with van der Waals surface area (Å²) in [5.74, 6) is 2.85. The van der Waals surface area contributed by atoms with Crippen molar-refractivity contribution < 1.29 is 23.5 Å². The smallest absolute Gasteiger partial charge is 0.242 e. The third kappa shape index (κ3) is 5.90. The van der Waals surface area contributed by atoms with Crippen LogP contribution in [0.15, 0.2) is 53.1 Å². The molecular weight excluding hydrogens is 486 g/mol. The first-order valence-electron chi connectivity index (χ1n) is 13.0. The van der Waals surface area contributed by atoms with Crippen LogP contribution in [0.5, 0.6) is 11.5 Å². The summed E-state index contributed by atoms with van der Waals surface area (Å²) in [5.41, 5.74) is 1.54. The van der Waals surface area contributed by atoms with Crippen LogP contribution in [0.1, 0.15) is 25.0 Å². The van der Waals surface area contributed by atoms with Crippen LogP contribution >= 0.6 is 0 Å². The zero-order valence-electron chi connectivity index (χ0n) is 21.8. The number of methoxy groups -OCH3 is 2. The molecule has 0 bridgehead atoms. The van der Waals surface area contributed by atoms with Gasteiger partial charge in [-0.05, 0) is 55.7 Å². The average molecular weight is 520 g/mol. The van der Waals surface area contributed by atoms with E-state index in [9.17, 15) is 9.59 Å². The molecule has 5 rings (SSSR count). The molecule has 0 N–H and O–H groups in total. The number of rotatable bonds is 9. The van der Waals surface area contributed by atoms with Crippen LogP contribution in [0, 0.1) is 5.92 Å². The fourth-order valence-electron chi connectivity index (χ4n) is 4.70. The van der Waals surface area contributed by atoms with Gasteiger partial charge in [0, 0.05) is 43.7 Å². The Bertz CT molecular complexity index is 1240. The molecule has 2 aromatic heterocycles. The van der Waals surface area contributed by atoms with E-state index in [0.717, 1.165) is 37.2 Å². The SMILES string of the molecule is COc1ccc(-c2ccc(N3CCCN(C(=O)CN(Cc4ccco4)C(=O)C4CC4)CC3)nn2)c(OC)c1. The molecule has 200 valence electrons. The number of hydrogen-bond donors (Lipinski definition) is 0. The first kappa shape index (κ1) is 25.6. The summed E-state index contributed by atoms with van der Waals surface area (Å²) in [6.45, 7) is 2.97. The number of hydrogen-bond acceptors (Lipinski definition) is 8. The molecule has 10 heteroatoms. The zero-order valence-corrected chi connectivity index (χ0v) is 21.8. The number of carbonyl (C=O) groups is 2. The van der Waals surface area contributed by atoms with Crippen LogP contribution in [0.3, 0.4) is 0 Å². The van der Waals surface area contributed by atoms with E-state index >= 15 is 0 Å². The second-order valence-electron chi connectivity index (χ2n) is 9.61. The average Bonchev–Trinajstić information content (AvgIpc) is 3.73. The molecule has 0 unspecified atom stereocenters. The molecule has 1 aliphatic carbocycles. The molecule has 1 aliphatic heterocycles. The number of anilines is 1. The van der Waals surface area contributed by atoms with Gasteiger partial charge in [-0.3, -0.25) is 9.59 Å². The lowest BCUT2D eigenvalue weighted by Crippen LogP contribution is -2.44. The third-order valence-electron chi connectivity index (χ3n) is 7.00. The van der Waals surface area contributed by atoms with Gasteiger partial charge in [-0.15, -0.1) is 10.2 Å². The van der Waals surface area contributed by atoms with E-state index in [-0.39, 0.29) is 24.3 Å². The summed E-state index contributed by atoms with van der Waals surface area (Å²) in [6.07, 6.45) is 4.18. The maximum atomic E-state index is 13.2. The lowest BCUT2D eigenvalue weighted by atomic mass is 10.1. The number of furan rings is 1. The van der Waals surface area contributed by atoms with Gasteiger partial charge in [-0.2, -0.15) is 0 Å². The Hall–Kier alpha value is -4.08. The van der Waals surface area contributed by atoms with Gasteiger partial charge in [0.15, 0.2) is 5.82 Å². The highest BCUT2D eigenvalue weighted by molar-refractivity contribution is 5.87. The highest BCUT2D eigenvalue weighted by Gasteiger charge is 2.35. The van der Waals surface area contributed by atoms with Crippen molar-refractivity contribution in [3.63, 3.8) is 0 Å². The fourth-order valence-corrected chi connectivity index (χ4v) is 4.70. The van der Waals surface area contributed by atoms with Crippen molar-refractivity contribution >= 4 is 17.6 Å². The highest BCUT2D eigenvalue weighted by Crippen LogP contribution is 2.33. The second kappa shape index (κ2) is 11.5. The van der Waals surface area contributed by atoms with Crippen molar-refractivity contribution in [2.45, 2.75) is 25.8 Å². The molecule has 1 aromatic carbocycles. The van der Waals surface area contributed by atoms with Crippen molar-refractivity contribution in [3.05, 3.63) is 54.5 Å². The van der Waals surface area contributed by atoms with E-state index in [1.807, 2.05) is 41.3 Å². The minimum absolute atomic E-state index is 0.0371. The summed E-state index contributed by atoms with van der Waals surface area (Å²) in [5, 5.41) is 8.91. The van der Waals surface area contributed by atoms with E-state index in [4.69, 9.17) is 13.9 Å². The Balaban J connectivity index is 1.21. The number of aromatic nitrogens is 2. The maximum absolute atomic E-state index is 13.2. The molecule has 3 heterocycles. The summed E-state index contributed by atoms with van der Waals surface area (Å²) in [7, 11) is 3.23. The largest absolute Gasteiger partial charge is 0.497 e. The van der Waals surface area contributed by atoms with Crippen LogP contribution in [0.4, 0.5) is 5.82 Å². The van der Waals surface area contributed by atoms with Crippen molar-refractivity contribution in [2.24, 2.45) is 5.92 Å². The molecule has 0 radical (unpaired) electrons. The van der Waals surface area contributed by atoms with E-state index in [1.54, 1.807) is 31.4 Å². The topological polar surface area (TPSA) is 101 Å². The molecule has 38 heavy (non-hydrogen) atoms. The summed E-state index contributed by atoms with van der Waals surface area (Å²) >= 11 is 0. The van der Waals surface area contributed by atoms with Crippen molar-refractivity contribution in [1.82, 2.24) is 20.0 Å². The van der Waals surface area contributed by atoms with Crippen molar-refractivity contribution in [2.75, 3.05) is 51.8 Å². The van der Waals surface area contributed by atoms with E-state index in [2.05, 4.69) is 15.1 Å². The minimum Gasteiger partial charge on any atom is -0.497 e. The van der Waals surface area contributed by atoms with Crippen LogP contribution in [-0.2, 0) is 16.1 Å². The van der Waals surface area contributed by atoms with Gasteiger partial charge >= 0.3 is 0 Å². The van der Waals surface area contributed by atoms with Crippen LogP contribution < -0.4 is 14.4 Å². The maximum Gasteiger partial charge on any atom is 0.242 e. The summed E-state index contributed by atoms with van der Waals surface area (Å²) in [6, 6.07) is 13.1. The predicted molar refractivity (Wildman–Crippen MR) is 141 cm³/mol. The van der Waals surface area contributed by atoms with Crippen LogP contribution in [0.25, 0.3) is 11.3 Å². The van der Waals surface area contributed by atoms with Gasteiger partial charge in [-0.25, -0.2) is 0 Å². The number of carbonyl (C=O) groups excluding carboxylic acids is 2. The first-order valence-corrected chi connectivity index (χ1v) is 13.0. The van der Waals surface area contributed by atoms with Gasteiger partial charge in [0.1, 0.15) is 23.8 Å². The molecular formula is C28H33N5O5. The summed E-state index contributed by atoms with van der Waals surface area (Å²) in [4.78, 5) is 31.7. The van der Waals surface area contributed by atoms with Crippen LogP contribution in [0.2, 0.25) is 0 Å². The molecule has 0 spiro atoms. The lowest BCUT2D eigenvalue weighted by molar-refractivity contribution is -0.141. The molecule has 3 aromatic rings. The third-order valence-corrected chi connectivity index (χ3v) is 7.00. The van der Waals surface area contributed by atoms with Gasteiger partial charge in [0.2, 0.25) is 11.8 Å². The summed E-state index contributed by atoms with van der Waals surface area (Å²) < 4.78 is 16.2. The quantitative estimate of drug-likeness (QED) is 0.425. The molecule has 2 fully saturated rings. The standard InChI is InChI=1S/C28H33N5O5/c1-36-21-8-9-23(25(17-21)37-2)24-10-11-26(30-29-24)31-12-4-13-32(15-14-31)27(34)19-33(28(35)20-6-7-20)18-22-5-3-16-38-22/h3,5,8-11,16-17,20H,4,6-7,12-15,18-19H2,1-2H3. The zero-order chi connectivity index (χ0) is 26.5. The Morgan fingerprint density at radius 3 is 2.58 bits per heavy atom. The predicted octanol–water partition coefficient (Wildman–Crippen LogP) is 3.23. The monoisotopic (exact) mass is 519 g/mol. The molecule has 2 aliphatic rings. The Kier molecular flexibility index (Phi) is 7.76. The molecule has 1 saturated heterocycles. The second-order valence-corrected chi connectivity index (χ2v) is 9.61. The van der Waals surface area contributed by atoms with Gasteiger partial charge in [0.25, 0.3) is 0 Å². The minimum atomic E-state index is -0.0413. The van der Waals surface area contributed by atoms with Gasteiger partial charge < -0.3 is 28.6 Å². The number of nitrogens with zero attached hydrogens (tertiary/aromatic N) is 5. The van der Waals surface area contributed by atoms with Gasteiger partial charge in [-0.1, -0.05) is 0 Å². The van der Waals surface area contributed by atoms with Gasteiger partial charge in [0.05, 0.1) is 32.7 Å². The molecule has 2 amide bonds. The highest BCUT2D eigenvalue weighted by atomic mass is 16.5. The molecule has 1 saturated carbocycles. The number of benzene rings is 1. The molecule has 10 nitrogen and oxygen atoms in total. The molecule has 0 atom stereocenters. The normalized spacial score (nSPS) is 15.6. The fraction of sp³-hybridized carbons (Fsp3) is 0.429. The lowest BCUT2D eigenvalue weighted by Gasteiger charge is -2.26.